The van der Waals surface area contributed by atoms with E-state index in [2.05, 4.69) is 10.2 Å². The molecule has 1 amide bonds. The number of carbonyl (C=O) groups is 1. The molecule has 1 unspecified atom stereocenters. The lowest BCUT2D eigenvalue weighted by Crippen LogP contribution is -2.48. The molecule has 1 fully saturated rings. The van der Waals surface area contributed by atoms with Crippen molar-refractivity contribution in [2.45, 2.75) is 25.4 Å². The minimum atomic E-state index is -0.820. The number of nitrogens with two attached hydrogens (primary N) is 1. The Morgan fingerprint density at radius 2 is 2.35 bits per heavy atom. The number of carbonyl (C=O) groups excluding carboxylic acids is 1. The zero-order chi connectivity index (χ0) is 14.3. The van der Waals surface area contributed by atoms with Gasteiger partial charge in [-0.25, -0.2) is 0 Å². The van der Waals surface area contributed by atoms with Crippen LogP contribution in [0.1, 0.15) is 30.3 Å². The number of amides is 1. The molecule has 0 bridgehead atoms. The lowest BCUT2D eigenvalue weighted by molar-refractivity contribution is -0.0108. The number of piperidine rings is 1. The fourth-order valence-electron chi connectivity index (χ4n) is 2.74. The normalized spacial score (nSPS) is 23.2. The first-order valence-corrected chi connectivity index (χ1v) is 6.71. The summed E-state index contributed by atoms with van der Waals surface area (Å²) in [5.41, 5.74) is 6.69. The molecule has 1 aliphatic heterocycles. The van der Waals surface area contributed by atoms with Crippen molar-refractivity contribution in [3.8, 4) is 0 Å². The molecular formula is C14H18N4O2. The Kier molecular flexibility index (Phi) is 2.90. The second-order valence-electron chi connectivity index (χ2n) is 5.70. The molecule has 2 heterocycles. The molecule has 0 aliphatic carbocycles. The maximum Gasteiger partial charge on any atom is 0.275 e. The topological polar surface area (TPSA) is 95.2 Å². The van der Waals surface area contributed by atoms with Gasteiger partial charge >= 0.3 is 0 Å². The first-order valence-electron chi connectivity index (χ1n) is 6.71. The van der Waals surface area contributed by atoms with Gasteiger partial charge < -0.3 is 15.7 Å². The molecule has 1 atom stereocenters. The minimum absolute atomic E-state index is 0.165. The summed E-state index contributed by atoms with van der Waals surface area (Å²) in [5.74, 6) is -0.165. The molecule has 0 saturated carbocycles. The van der Waals surface area contributed by atoms with Gasteiger partial charge in [-0.15, -0.1) is 0 Å². The molecule has 2 aromatic rings. The second kappa shape index (κ2) is 4.49. The highest BCUT2D eigenvalue weighted by Gasteiger charge is 2.32. The molecule has 1 saturated heterocycles. The van der Waals surface area contributed by atoms with Crippen molar-refractivity contribution in [1.29, 1.82) is 0 Å². The van der Waals surface area contributed by atoms with Gasteiger partial charge in [-0.1, -0.05) is 0 Å². The van der Waals surface area contributed by atoms with Crippen LogP contribution < -0.4 is 5.73 Å². The predicted molar refractivity (Wildman–Crippen MR) is 76.3 cm³/mol. The summed E-state index contributed by atoms with van der Waals surface area (Å²) in [6.07, 6.45) is 1.51. The third kappa shape index (κ3) is 2.22. The van der Waals surface area contributed by atoms with Crippen LogP contribution in [0, 0.1) is 0 Å². The van der Waals surface area contributed by atoms with Gasteiger partial charge in [0.25, 0.3) is 5.91 Å². The number of aromatic nitrogens is 2. The fourth-order valence-corrected chi connectivity index (χ4v) is 2.74. The average molecular weight is 274 g/mol. The molecular weight excluding hydrogens is 256 g/mol. The van der Waals surface area contributed by atoms with Crippen LogP contribution in [0.5, 0.6) is 0 Å². The summed E-state index contributed by atoms with van der Waals surface area (Å²) in [6.45, 7) is 2.74. The van der Waals surface area contributed by atoms with Gasteiger partial charge in [-0.05, 0) is 38.0 Å². The van der Waals surface area contributed by atoms with Crippen molar-refractivity contribution < 1.29 is 9.90 Å². The molecule has 6 heteroatoms. The van der Waals surface area contributed by atoms with Gasteiger partial charge in [0.05, 0.1) is 11.1 Å². The standard InChI is InChI=1S/C14H18N4O2/c1-14(20)5-2-6-18(8-14)13(19)12-10-7-9(15)3-4-11(10)16-17-12/h3-4,7,20H,2,5-6,8,15H2,1H3,(H,16,17). The first-order chi connectivity index (χ1) is 9.46. The largest absolute Gasteiger partial charge is 0.399 e. The highest BCUT2D eigenvalue weighted by atomic mass is 16.3. The van der Waals surface area contributed by atoms with E-state index in [4.69, 9.17) is 5.73 Å². The number of H-pyrrole nitrogens is 1. The predicted octanol–water partition coefficient (Wildman–Crippen LogP) is 1.13. The summed E-state index contributed by atoms with van der Waals surface area (Å²) in [6, 6.07) is 5.31. The minimum Gasteiger partial charge on any atom is -0.399 e. The van der Waals surface area contributed by atoms with E-state index in [1.165, 1.54) is 0 Å². The number of nitrogens with one attached hydrogen (secondary N) is 1. The number of fused-ring (bicyclic) bond motifs is 1. The molecule has 1 aliphatic rings. The Morgan fingerprint density at radius 3 is 3.10 bits per heavy atom. The fraction of sp³-hybridized carbons (Fsp3) is 0.429. The lowest BCUT2D eigenvalue weighted by atomic mass is 9.95. The summed E-state index contributed by atoms with van der Waals surface area (Å²) in [7, 11) is 0. The van der Waals surface area contributed by atoms with Crippen LogP contribution in [-0.4, -0.2) is 44.8 Å². The number of β-amino-alcohol motifs (C(OH)–C–C–N with tert-alkyl or cyclic N) is 1. The van der Waals surface area contributed by atoms with Crippen LogP contribution in [0.15, 0.2) is 18.2 Å². The van der Waals surface area contributed by atoms with E-state index in [-0.39, 0.29) is 5.91 Å². The molecule has 106 valence electrons. The monoisotopic (exact) mass is 274 g/mol. The van der Waals surface area contributed by atoms with E-state index < -0.39 is 5.60 Å². The van der Waals surface area contributed by atoms with Gasteiger partial charge in [-0.3, -0.25) is 9.89 Å². The maximum atomic E-state index is 12.6. The third-order valence-corrected chi connectivity index (χ3v) is 3.75. The Morgan fingerprint density at radius 1 is 1.55 bits per heavy atom. The van der Waals surface area contributed by atoms with Crippen molar-refractivity contribution in [2.75, 3.05) is 18.8 Å². The van der Waals surface area contributed by atoms with Gasteiger partial charge in [-0.2, -0.15) is 5.10 Å². The van der Waals surface area contributed by atoms with E-state index in [9.17, 15) is 9.90 Å². The van der Waals surface area contributed by atoms with Gasteiger partial charge in [0.2, 0.25) is 0 Å². The van der Waals surface area contributed by atoms with Crippen molar-refractivity contribution in [1.82, 2.24) is 15.1 Å². The van der Waals surface area contributed by atoms with E-state index in [0.29, 0.717) is 30.9 Å². The second-order valence-corrected chi connectivity index (χ2v) is 5.70. The van der Waals surface area contributed by atoms with Gasteiger partial charge in [0.1, 0.15) is 0 Å². The zero-order valence-electron chi connectivity index (χ0n) is 11.4. The number of nitrogens with zero attached hydrogens (tertiary/aromatic N) is 2. The quantitative estimate of drug-likeness (QED) is 0.679. The molecule has 6 nitrogen and oxygen atoms in total. The molecule has 1 aromatic carbocycles. The Hall–Kier alpha value is -2.08. The van der Waals surface area contributed by atoms with Crippen molar-refractivity contribution >= 4 is 22.5 Å². The summed E-state index contributed by atoms with van der Waals surface area (Å²) < 4.78 is 0. The Bertz CT molecular complexity index is 662. The number of aromatic amines is 1. The highest BCUT2D eigenvalue weighted by Crippen LogP contribution is 2.24. The van der Waals surface area contributed by atoms with Crippen LogP contribution >= 0.6 is 0 Å². The van der Waals surface area contributed by atoms with E-state index >= 15 is 0 Å². The molecule has 1 aromatic heterocycles. The van der Waals surface area contributed by atoms with Gasteiger partial charge in [0.15, 0.2) is 5.69 Å². The Balaban J connectivity index is 1.94. The van der Waals surface area contributed by atoms with E-state index in [1.54, 1.807) is 30.0 Å². The molecule has 3 rings (SSSR count). The summed E-state index contributed by atoms with van der Waals surface area (Å²) >= 11 is 0. The van der Waals surface area contributed by atoms with Crippen molar-refractivity contribution in [3.63, 3.8) is 0 Å². The average Bonchev–Trinajstić information content (AvgIpc) is 2.79. The lowest BCUT2D eigenvalue weighted by Gasteiger charge is -2.36. The number of benzene rings is 1. The SMILES string of the molecule is CC1(O)CCCN(C(=O)c2n[nH]c3ccc(N)cc23)C1. The summed E-state index contributed by atoms with van der Waals surface area (Å²) in [4.78, 5) is 14.2. The van der Waals surface area contributed by atoms with Crippen LogP contribution in [0.25, 0.3) is 10.9 Å². The van der Waals surface area contributed by atoms with Crippen LogP contribution in [0.4, 0.5) is 5.69 Å². The van der Waals surface area contributed by atoms with Crippen molar-refractivity contribution in [2.24, 2.45) is 0 Å². The smallest absolute Gasteiger partial charge is 0.275 e. The number of aliphatic hydroxyl groups is 1. The third-order valence-electron chi connectivity index (χ3n) is 3.75. The molecule has 4 N–H and O–H groups in total. The molecule has 0 radical (unpaired) electrons. The summed E-state index contributed by atoms with van der Waals surface area (Å²) in [5, 5.41) is 17.8. The number of rotatable bonds is 1. The number of likely N-dealkylation sites (tertiary alicyclic amines) is 1. The molecule has 20 heavy (non-hydrogen) atoms. The van der Waals surface area contributed by atoms with Crippen LogP contribution in [-0.2, 0) is 0 Å². The van der Waals surface area contributed by atoms with E-state index in [0.717, 1.165) is 17.3 Å². The zero-order valence-corrected chi connectivity index (χ0v) is 11.4. The highest BCUT2D eigenvalue weighted by molar-refractivity contribution is 6.05. The van der Waals surface area contributed by atoms with E-state index in [1.807, 2.05) is 0 Å². The number of hydrogen-bond acceptors (Lipinski definition) is 4. The van der Waals surface area contributed by atoms with Gasteiger partial charge in [0, 0.05) is 24.2 Å². The van der Waals surface area contributed by atoms with Crippen molar-refractivity contribution in [3.05, 3.63) is 23.9 Å². The molecule has 0 spiro atoms. The number of nitrogen functional groups attached to an aromatic ring is 1. The first kappa shape index (κ1) is 12.9. The number of hydrogen-bond donors (Lipinski definition) is 3. The number of anilines is 1. The maximum absolute atomic E-state index is 12.6. The van der Waals surface area contributed by atoms with Crippen LogP contribution in [0.3, 0.4) is 0 Å². The van der Waals surface area contributed by atoms with Crippen LogP contribution in [0.2, 0.25) is 0 Å². The Labute approximate surface area is 116 Å².